The third kappa shape index (κ3) is 3.77. The number of hydrogen-bond acceptors (Lipinski definition) is 6. The summed E-state index contributed by atoms with van der Waals surface area (Å²) in [7, 11) is 0. The van der Waals surface area contributed by atoms with Crippen molar-refractivity contribution in [3.8, 4) is 11.5 Å². The van der Waals surface area contributed by atoms with E-state index in [1.165, 1.54) is 12.1 Å². The highest BCUT2D eigenvalue weighted by molar-refractivity contribution is 7.17. The van der Waals surface area contributed by atoms with E-state index in [1.807, 2.05) is 17.5 Å². The van der Waals surface area contributed by atoms with Crippen LogP contribution < -0.4 is 14.4 Å². The number of fused-ring (bicyclic) bond motifs is 2. The second-order valence-electron chi connectivity index (χ2n) is 7.50. The van der Waals surface area contributed by atoms with Gasteiger partial charge in [0.15, 0.2) is 11.5 Å². The Morgan fingerprint density at radius 3 is 2.72 bits per heavy atom. The Balaban J connectivity index is 1.16. The van der Waals surface area contributed by atoms with Crippen LogP contribution in [0.2, 0.25) is 0 Å². The Kier molecular flexibility index (Phi) is 5.03. The Labute approximate surface area is 172 Å². The molecule has 7 heteroatoms. The minimum Gasteiger partial charge on any atom is -0.454 e. The van der Waals surface area contributed by atoms with Crippen LogP contribution in [0.1, 0.15) is 18.1 Å². The number of anilines is 1. The van der Waals surface area contributed by atoms with Gasteiger partial charge in [-0.25, -0.2) is 4.39 Å². The summed E-state index contributed by atoms with van der Waals surface area (Å²) in [5, 5.41) is 13.4. The lowest BCUT2D eigenvalue weighted by Crippen LogP contribution is -2.46. The topological polar surface area (TPSA) is 45.2 Å². The Morgan fingerprint density at radius 2 is 1.86 bits per heavy atom. The van der Waals surface area contributed by atoms with Gasteiger partial charge in [0, 0.05) is 54.6 Å². The highest BCUT2D eigenvalue weighted by Gasteiger charge is 2.21. The predicted molar refractivity (Wildman–Crippen MR) is 113 cm³/mol. The molecule has 1 saturated heterocycles. The van der Waals surface area contributed by atoms with Gasteiger partial charge >= 0.3 is 0 Å². The molecule has 1 fully saturated rings. The largest absolute Gasteiger partial charge is 0.454 e. The maximum atomic E-state index is 13.6. The first-order valence-corrected chi connectivity index (χ1v) is 10.8. The van der Waals surface area contributed by atoms with E-state index in [2.05, 4.69) is 15.9 Å². The number of thiophene rings is 1. The molecule has 152 valence electrons. The number of nitrogens with zero attached hydrogens (tertiary/aromatic N) is 2. The average molecular weight is 415 g/mol. The third-order valence-corrected chi connectivity index (χ3v) is 6.72. The van der Waals surface area contributed by atoms with Gasteiger partial charge in [0.05, 0.1) is 6.10 Å². The third-order valence-electron chi connectivity index (χ3n) is 5.74. The summed E-state index contributed by atoms with van der Waals surface area (Å²) in [6, 6.07) is 10.9. The van der Waals surface area contributed by atoms with E-state index in [9.17, 15) is 9.50 Å². The van der Waals surface area contributed by atoms with E-state index in [4.69, 9.17) is 9.47 Å². The molecule has 3 heterocycles. The predicted octanol–water partition coefficient (Wildman–Crippen LogP) is 4.01. The van der Waals surface area contributed by atoms with Gasteiger partial charge in [0.2, 0.25) is 6.79 Å². The number of ether oxygens (including phenoxy) is 2. The molecule has 5 nitrogen and oxygen atoms in total. The Hall–Kier alpha value is -2.35. The van der Waals surface area contributed by atoms with Crippen molar-refractivity contribution in [2.24, 2.45) is 0 Å². The van der Waals surface area contributed by atoms with Crippen LogP contribution in [0.25, 0.3) is 10.1 Å². The number of rotatable bonds is 5. The van der Waals surface area contributed by atoms with E-state index in [1.54, 1.807) is 17.4 Å². The normalized spacial score (nSPS) is 17.8. The fourth-order valence-electron chi connectivity index (χ4n) is 4.05. The van der Waals surface area contributed by atoms with Gasteiger partial charge in [0.1, 0.15) is 5.82 Å². The van der Waals surface area contributed by atoms with Gasteiger partial charge in [0.25, 0.3) is 0 Å². The molecule has 1 N–H and O–H groups in total. The maximum absolute atomic E-state index is 13.6. The first-order chi connectivity index (χ1) is 14.2. The van der Waals surface area contributed by atoms with Gasteiger partial charge in [-0.3, -0.25) is 4.90 Å². The number of benzene rings is 2. The zero-order chi connectivity index (χ0) is 19.8. The first kappa shape index (κ1) is 18.7. The fraction of sp³-hybridized carbons (Fsp3) is 0.364. The van der Waals surface area contributed by atoms with Crippen molar-refractivity contribution >= 4 is 27.1 Å². The van der Waals surface area contributed by atoms with Crippen LogP contribution in [0.3, 0.4) is 0 Å². The fourth-order valence-corrected chi connectivity index (χ4v) is 5.04. The van der Waals surface area contributed by atoms with E-state index in [0.29, 0.717) is 13.2 Å². The SMILES string of the molecule is OC(CCN1CCN(c2ccc3c(c2)OCO3)CC1)c1csc2ccc(F)cc12. The van der Waals surface area contributed by atoms with Crippen LogP contribution in [0.5, 0.6) is 11.5 Å². The second-order valence-corrected chi connectivity index (χ2v) is 8.41. The molecule has 1 atom stereocenters. The first-order valence-electron chi connectivity index (χ1n) is 9.89. The molecule has 2 aliphatic rings. The number of piperazine rings is 1. The molecule has 1 unspecified atom stereocenters. The molecule has 0 saturated carbocycles. The van der Waals surface area contributed by atoms with E-state index >= 15 is 0 Å². The smallest absolute Gasteiger partial charge is 0.231 e. The van der Waals surface area contributed by atoms with Crippen LogP contribution in [0, 0.1) is 5.82 Å². The van der Waals surface area contributed by atoms with Gasteiger partial charge in [-0.1, -0.05) is 0 Å². The van der Waals surface area contributed by atoms with Gasteiger partial charge in [-0.15, -0.1) is 11.3 Å². The molecule has 0 aliphatic carbocycles. The zero-order valence-corrected chi connectivity index (χ0v) is 16.8. The lowest BCUT2D eigenvalue weighted by atomic mass is 10.0. The number of hydrogen-bond donors (Lipinski definition) is 1. The van der Waals surface area contributed by atoms with Crippen molar-refractivity contribution in [3.63, 3.8) is 0 Å². The Morgan fingerprint density at radius 1 is 1.03 bits per heavy atom. The van der Waals surface area contributed by atoms with E-state index < -0.39 is 6.10 Å². The van der Waals surface area contributed by atoms with Crippen molar-refractivity contribution in [3.05, 3.63) is 53.2 Å². The number of halogens is 1. The molecular weight excluding hydrogens is 391 g/mol. The highest BCUT2D eigenvalue weighted by atomic mass is 32.1. The molecule has 2 aromatic carbocycles. The average Bonchev–Trinajstić information content (AvgIpc) is 3.38. The molecule has 0 amide bonds. The van der Waals surface area contributed by atoms with Crippen LogP contribution in [-0.4, -0.2) is 49.5 Å². The van der Waals surface area contributed by atoms with Gasteiger partial charge in [-0.05, 0) is 47.7 Å². The summed E-state index contributed by atoms with van der Waals surface area (Å²) >= 11 is 1.55. The van der Waals surface area contributed by atoms with Crippen molar-refractivity contribution in [1.82, 2.24) is 4.90 Å². The quantitative estimate of drug-likeness (QED) is 0.683. The molecular formula is C22H23FN2O3S. The summed E-state index contributed by atoms with van der Waals surface area (Å²) < 4.78 is 25.5. The van der Waals surface area contributed by atoms with E-state index in [0.717, 1.165) is 65.6 Å². The van der Waals surface area contributed by atoms with Crippen molar-refractivity contribution in [2.75, 3.05) is 44.4 Å². The van der Waals surface area contributed by atoms with Crippen LogP contribution in [0.4, 0.5) is 10.1 Å². The molecule has 2 aliphatic heterocycles. The lowest BCUT2D eigenvalue weighted by molar-refractivity contribution is 0.141. The molecule has 29 heavy (non-hydrogen) atoms. The molecule has 0 bridgehead atoms. The van der Waals surface area contributed by atoms with Crippen molar-refractivity contribution in [2.45, 2.75) is 12.5 Å². The summed E-state index contributed by atoms with van der Waals surface area (Å²) in [5.74, 6) is 1.36. The standard InChI is InChI=1S/C22H23FN2O3S/c23-15-1-4-22-17(11-15)18(13-29-22)19(26)5-6-24-7-9-25(10-8-24)16-2-3-20-21(12-16)28-14-27-20/h1-4,11-13,19,26H,5-10,14H2. The maximum Gasteiger partial charge on any atom is 0.231 e. The molecule has 0 spiro atoms. The monoisotopic (exact) mass is 414 g/mol. The van der Waals surface area contributed by atoms with Crippen molar-refractivity contribution < 1.29 is 19.0 Å². The number of aliphatic hydroxyl groups excluding tert-OH is 1. The molecule has 1 aromatic heterocycles. The van der Waals surface area contributed by atoms with Gasteiger partial charge in [-0.2, -0.15) is 0 Å². The molecule has 5 rings (SSSR count). The van der Waals surface area contributed by atoms with Crippen LogP contribution >= 0.6 is 11.3 Å². The van der Waals surface area contributed by atoms with Gasteiger partial charge < -0.3 is 19.5 Å². The Bertz CT molecular complexity index is 1020. The number of aliphatic hydroxyl groups is 1. The summed E-state index contributed by atoms with van der Waals surface area (Å²) in [6.45, 7) is 4.87. The van der Waals surface area contributed by atoms with E-state index in [-0.39, 0.29) is 5.82 Å². The van der Waals surface area contributed by atoms with Crippen LogP contribution in [0.15, 0.2) is 41.8 Å². The summed E-state index contributed by atoms with van der Waals surface area (Å²) in [6.07, 6.45) is 0.0734. The minimum atomic E-state index is -0.572. The highest BCUT2D eigenvalue weighted by Crippen LogP contribution is 2.36. The summed E-state index contributed by atoms with van der Waals surface area (Å²) in [4.78, 5) is 4.73. The van der Waals surface area contributed by atoms with Crippen molar-refractivity contribution in [1.29, 1.82) is 0 Å². The summed E-state index contributed by atoms with van der Waals surface area (Å²) in [5.41, 5.74) is 1.99. The second kappa shape index (κ2) is 7.82. The lowest BCUT2D eigenvalue weighted by Gasteiger charge is -2.36. The molecule has 3 aromatic rings. The molecule has 0 radical (unpaired) electrons. The zero-order valence-electron chi connectivity index (χ0n) is 16.0. The van der Waals surface area contributed by atoms with Crippen LogP contribution in [-0.2, 0) is 0 Å². The minimum absolute atomic E-state index is 0.260.